The van der Waals surface area contributed by atoms with E-state index in [0.29, 0.717) is 27.8 Å². The van der Waals surface area contributed by atoms with E-state index in [2.05, 4.69) is 10.3 Å². The highest BCUT2D eigenvalue weighted by Crippen LogP contribution is 2.23. The van der Waals surface area contributed by atoms with E-state index < -0.39 is 21.6 Å². The van der Waals surface area contributed by atoms with E-state index in [9.17, 15) is 17.6 Å². The summed E-state index contributed by atoms with van der Waals surface area (Å²) >= 11 is 0. The summed E-state index contributed by atoms with van der Waals surface area (Å²) in [6.45, 7) is 3.44. The van der Waals surface area contributed by atoms with Crippen LogP contribution < -0.4 is 5.32 Å². The molecule has 0 fully saturated rings. The molecule has 26 heavy (non-hydrogen) atoms. The summed E-state index contributed by atoms with van der Waals surface area (Å²) in [4.78, 5) is 17.1. The zero-order valence-corrected chi connectivity index (χ0v) is 15.3. The summed E-state index contributed by atoms with van der Waals surface area (Å²) in [5.41, 5.74) is 2.41. The number of rotatable bonds is 3. The first-order chi connectivity index (χ1) is 12.1. The molecule has 0 aliphatic rings. The van der Waals surface area contributed by atoms with Gasteiger partial charge < -0.3 is 5.32 Å². The molecule has 0 aliphatic heterocycles. The topological polar surface area (TPSA) is 76.1 Å². The summed E-state index contributed by atoms with van der Waals surface area (Å²) in [6.07, 6.45) is 1.11. The number of amides is 1. The molecule has 0 bridgehead atoms. The molecule has 0 radical (unpaired) electrons. The van der Waals surface area contributed by atoms with Crippen LogP contribution in [-0.4, -0.2) is 25.6 Å². The molecule has 1 N–H and O–H groups in total. The van der Waals surface area contributed by atoms with Crippen molar-refractivity contribution < 1.29 is 17.6 Å². The van der Waals surface area contributed by atoms with E-state index >= 15 is 0 Å². The number of anilines is 1. The number of aryl methyl sites for hydroxylation is 2. The molecule has 3 aromatic rings. The fraction of sp³-hybridized carbons (Fsp3) is 0.158. The second-order valence-corrected chi connectivity index (χ2v) is 8.18. The summed E-state index contributed by atoms with van der Waals surface area (Å²) in [5, 5.41) is 3.38. The van der Waals surface area contributed by atoms with Crippen molar-refractivity contribution in [2.24, 2.45) is 0 Å². The Balaban J connectivity index is 1.99. The third-order valence-electron chi connectivity index (χ3n) is 4.10. The molecule has 0 unspecified atom stereocenters. The average molecular weight is 372 g/mol. The first-order valence-electron chi connectivity index (χ1n) is 7.84. The molecule has 1 heterocycles. The Kier molecular flexibility index (Phi) is 4.50. The molecule has 7 heteroatoms. The second-order valence-electron chi connectivity index (χ2n) is 6.16. The van der Waals surface area contributed by atoms with Gasteiger partial charge in [0.05, 0.1) is 21.7 Å². The lowest BCUT2D eigenvalue weighted by Gasteiger charge is -2.12. The SMILES string of the molecule is Cc1ccc(S(C)(=O)=O)cc1NC(=O)c1cc2ccc(F)cc2nc1C. The number of pyridine rings is 1. The Hall–Kier alpha value is -2.80. The van der Waals surface area contributed by atoms with E-state index in [4.69, 9.17) is 0 Å². The van der Waals surface area contributed by atoms with Crippen molar-refractivity contribution in [1.29, 1.82) is 0 Å². The van der Waals surface area contributed by atoms with Crippen molar-refractivity contribution in [2.45, 2.75) is 18.7 Å². The summed E-state index contributed by atoms with van der Waals surface area (Å²) in [7, 11) is -3.38. The van der Waals surface area contributed by atoms with Crippen LogP contribution >= 0.6 is 0 Å². The van der Waals surface area contributed by atoms with Crippen LogP contribution in [-0.2, 0) is 9.84 Å². The number of hydrogen-bond donors (Lipinski definition) is 1. The maximum Gasteiger partial charge on any atom is 0.257 e. The molecule has 0 spiro atoms. The number of halogens is 1. The number of carbonyl (C=O) groups is 1. The van der Waals surface area contributed by atoms with Gasteiger partial charge in [-0.2, -0.15) is 0 Å². The highest BCUT2D eigenvalue weighted by molar-refractivity contribution is 7.90. The number of fused-ring (bicyclic) bond motifs is 1. The third kappa shape index (κ3) is 3.57. The Bertz CT molecular complexity index is 1140. The monoisotopic (exact) mass is 372 g/mol. The average Bonchev–Trinajstić information content (AvgIpc) is 2.55. The number of nitrogens with one attached hydrogen (secondary N) is 1. The lowest BCUT2D eigenvalue weighted by atomic mass is 10.1. The molecule has 2 aromatic carbocycles. The van der Waals surface area contributed by atoms with Crippen molar-refractivity contribution in [3.05, 3.63) is 65.1 Å². The van der Waals surface area contributed by atoms with Crippen LogP contribution in [0, 0.1) is 19.7 Å². The second kappa shape index (κ2) is 6.49. The Morgan fingerprint density at radius 1 is 1.08 bits per heavy atom. The maximum atomic E-state index is 13.3. The van der Waals surface area contributed by atoms with Crippen molar-refractivity contribution in [3.8, 4) is 0 Å². The van der Waals surface area contributed by atoms with Gasteiger partial charge in [-0.15, -0.1) is 0 Å². The minimum Gasteiger partial charge on any atom is -0.322 e. The Morgan fingerprint density at radius 2 is 1.81 bits per heavy atom. The first kappa shape index (κ1) is 18.0. The summed E-state index contributed by atoms with van der Waals surface area (Å²) in [5.74, 6) is -0.801. The molecule has 134 valence electrons. The molecule has 0 saturated carbocycles. The zero-order chi connectivity index (χ0) is 19.1. The molecule has 0 saturated heterocycles. The van der Waals surface area contributed by atoms with Crippen molar-refractivity contribution in [3.63, 3.8) is 0 Å². The van der Waals surface area contributed by atoms with Crippen LogP contribution in [0.15, 0.2) is 47.4 Å². The van der Waals surface area contributed by atoms with Crippen molar-refractivity contribution in [2.75, 3.05) is 11.6 Å². The molecule has 5 nitrogen and oxygen atoms in total. The molecule has 1 amide bonds. The lowest BCUT2D eigenvalue weighted by Crippen LogP contribution is -2.15. The van der Waals surface area contributed by atoms with Gasteiger partial charge in [-0.25, -0.2) is 12.8 Å². The summed E-state index contributed by atoms with van der Waals surface area (Å²) < 4.78 is 36.8. The van der Waals surface area contributed by atoms with Gasteiger partial charge in [-0.1, -0.05) is 6.07 Å². The minimum absolute atomic E-state index is 0.127. The quantitative estimate of drug-likeness (QED) is 0.761. The minimum atomic E-state index is -3.38. The van der Waals surface area contributed by atoms with Gasteiger partial charge in [0.25, 0.3) is 5.91 Å². The molecular weight excluding hydrogens is 355 g/mol. The van der Waals surface area contributed by atoms with Crippen LogP contribution in [0.25, 0.3) is 10.9 Å². The van der Waals surface area contributed by atoms with Gasteiger partial charge in [0.1, 0.15) is 5.82 Å². The van der Waals surface area contributed by atoms with Crippen LogP contribution in [0.5, 0.6) is 0 Å². The highest BCUT2D eigenvalue weighted by atomic mass is 32.2. The number of hydrogen-bond acceptors (Lipinski definition) is 4. The van der Waals surface area contributed by atoms with E-state index in [-0.39, 0.29) is 4.90 Å². The number of nitrogens with zero attached hydrogens (tertiary/aromatic N) is 1. The van der Waals surface area contributed by atoms with Crippen molar-refractivity contribution in [1.82, 2.24) is 4.98 Å². The molecule has 0 atom stereocenters. The van der Waals surface area contributed by atoms with Crippen LogP contribution in [0.1, 0.15) is 21.6 Å². The van der Waals surface area contributed by atoms with E-state index in [1.807, 2.05) is 0 Å². The standard InChI is InChI=1S/C19H17FN2O3S/c1-11-4-7-15(26(3,24)25)10-17(11)22-19(23)16-8-13-5-6-14(20)9-18(13)21-12(16)2/h4-10H,1-3H3,(H,22,23). The lowest BCUT2D eigenvalue weighted by molar-refractivity contribution is 0.102. The van der Waals surface area contributed by atoms with E-state index in [1.165, 1.54) is 24.3 Å². The fourth-order valence-corrected chi connectivity index (χ4v) is 3.27. The highest BCUT2D eigenvalue weighted by Gasteiger charge is 2.15. The third-order valence-corrected chi connectivity index (χ3v) is 5.21. The smallest absolute Gasteiger partial charge is 0.257 e. The van der Waals surface area contributed by atoms with Crippen LogP contribution in [0.4, 0.5) is 10.1 Å². The number of aromatic nitrogens is 1. The van der Waals surface area contributed by atoms with Gasteiger partial charge in [0.2, 0.25) is 0 Å². The molecule has 1 aromatic heterocycles. The molecule has 0 aliphatic carbocycles. The molecular formula is C19H17FN2O3S. The first-order valence-corrected chi connectivity index (χ1v) is 9.73. The largest absolute Gasteiger partial charge is 0.322 e. The van der Waals surface area contributed by atoms with Gasteiger partial charge in [-0.05, 0) is 49.7 Å². The molecule has 3 rings (SSSR count). The van der Waals surface area contributed by atoms with Gasteiger partial charge >= 0.3 is 0 Å². The number of sulfone groups is 1. The summed E-state index contributed by atoms with van der Waals surface area (Å²) in [6, 6.07) is 10.4. The predicted octanol–water partition coefficient (Wildman–Crippen LogP) is 3.65. The number of carbonyl (C=O) groups excluding carboxylic acids is 1. The van der Waals surface area contributed by atoms with E-state index in [0.717, 1.165) is 11.8 Å². The van der Waals surface area contributed by atoms with Crippen molar-refractivity contribution >= 4 is 32.3 Å². The van der Waals surface area contributed by atoms with Gasteiger partial charge in [0, 0.05) is 23.4 Å². The zero-order valence-electron chi connectivity index (χ0n) is 14.5. The Labute approximate surface area is 150 Å². The normalized spacial score (nSPS) is 11.5. The van der Waals surface area contributed by atoms with E-state index in [1.54, 1.807) is 32.0 Å². The van der Waals surface area contributed by atoms with Crippen LogP contribution in [0.3, 0.4) is 0 Å². The Morgan fingerprint density at radius 3 is 2.50 bits per heavy atom. The fourth-order valence-electron chi connectivity index (χ4n) is 2.62. The van der Waals surface area contributed by atoms with Gasteiger partial charge in [-0.3, -0.25) is 9.78 Å². The predicted molar refractivity (Wildman–Crippen MR) is 98.7 cm³/mol. The van der Waals surface area contributed by atoms with Gasteiger partial charge in [0.15, 0.2) is 9.84 Å². The number of benzene rings is 2. The van der Waals surface area contributed by atoms with Crippen LogP contribution in [0.2, 0.25) is 0 Å². The maximum absolute atomic E-state index is 13.3.